The zero-order chi connectivity index (χ0) is 13.3. The van der Waals surface area contributed by atoms with Crippen molar-refractivity contribution in [2.24, 2.45) is 0 Å². The van der Waals surface area contributed by atoms with Gasteiger partial charge in [0.15, 0.2) is 5.82 Å². The molecular weight excluding hydrogens is 336 g/mol. The lowest BCUT2D eigenvalue weighted by Crippen LogP contribution is -2.12. The van der Waals surface area contributed by atoms with E-state index >= 15 is 0 Å². The van der Waals surface area contributed by atoms with Gasteiger partial charge in [-0.15, -0.1) is 0 Å². The number of nitrogens with zero attached hydrogens (tertiary/aromatic N) is 2. The van der Waals surface area contributed by atoms with E-state index in [4.69, 9.17) is 16.3 Å². The van der Waals surface area contributed by atoms with Gasteiger partial charge in [0.25, 0.3) is 5.19 Å². The summed E-state index contributed by atoms with van der Waals surface area (Å²) in [6.07, 6.45) is 0. The van der Waals surface area contributed by atoms with Gasteiger partial charge >= 0.3 is 0 Å². The maximum absolute atomic E-state index is 6.05. The molecule has 0 N–H and O–H groups in total. The van der Waals surface area contributed by atoms with Crippen molar-refractivity contribution in [2.75, 3.05) is 0 Å². The lowest BCUT2D eigenvalue weighted by Gasteiger charge is -2.12. The van der Waals surface area contributed by atoms with Gasteiger partial charge in [0.05, 0.1) is 5.02 Å². The van der Waals surface area contributed by atoms with E-state index in [1.807, 2.05) is 6.07 Å². The Bertz CT molecular complexity index is 565. The van der Waals surface area contributed by atoms with Crippen LogP contribution in [0.15, 0.2) is 22.7 Å². The van der Waals surface area contributed by atoms with Crippen LogP contribution in [0.2, 0.25) is 5.02 Å². The summed E-state index contributed by atoms with van der Waals surface area (Å²) in [7, 11) is 0. The van der Waals surface area contributed by atoms with E-state index in [1.54, 1.807) is 12.1 Å². The van der Waals surface area contributed by atoms with E-state index in [1.165, 1.54) is 11.5 Å². The lowest BCUT2D eigenvalue weighted by molar-refractivity contribution is 0.468. The number of aromatic nitrogens is 2. The van der Waals surface area contributed by atoms with Crippen LogP contribution in [-0.4, -0.2) is 9.36 Å². The molecule has 0 aliphatic rings. The molecule has 0 amide bonds. The van der Waals surface area contributed by atoms with E-state index in [9.17, 15) is 0 Å². The highest BCUT2D eigenvalue weighted by Crippen LogP contribution is 2.33. The molecule has 2 rings (SSSR count). The lowest BCUT2D eigenvalue weighted by atomic mass is 9.96. The minimum absolute atomic E-state index is 0.0842. The van der Waals surface area contributed by atoms with Crippen LogP contribution >= 0.6 is 39.1 Å². The number of ether oxygens (including phenoxy) is 1. The molecule has 0 aliphatic carbocycles. The van der Waals surface area contributed by atoms with Gasteiger partial charge in [0, 0.05) is 21.4 Å². The maximum atomic E-state index is 6.05. The van der Waals surface area contributed by atoms with Crippen LogP contribution in [0.1, 0.15) is 26.6 Å². The molecule has 1 aromatic carbocycles. The third-order valence-corrected chi connectivity index (χ3v) is 3.57. The summed E-state index contributed by atoms with van der Waals surface area (Å²) < 4.78 is 10.8. The Hall–Kier alpha value is -0.650. The second kappa shape index (κ2) is 5.15. The van der Waals surface area contributed by atoms with Gasteiger partial charge in [-0.2, -0.15) is 9.36 Å². The molecule has 0 unspecified atom stereocenters. The fourth-order valence-electron chi connectivity index (χ4n) is 1.21. The fourth-order valence-corrected chi connectivity index (χ4v) is 2.43. The SMILES string of the molecule is CC(C)(C)c1nsc(Oc2cc(Br)ccc2Cl)n1. The standard InChI is InChI=1S/C12H12BrClN2OS/c1-12(2,3)10-15-11(18-16-10)17-9-6-7(13)4-5-8(9)14/h4-6H,1-3H3. The van der Waals surface area contributed by atoms with Crippen LogP contribution in [0.3, 0.4) is 0 Å². The zero-order valence-corrected chi connectivity index (χ0v) is 13.4. The van der Waals surface area contributed by atoms with Gasteiger partial charge in [-0.3, -0.25) is 0 Å². The molecule has 0 saturated heterocycles. The van der Waals surface area contributed by atoms with Crippen LogP contribution in [0.5, 0.6) is 10.9 Å². The first kappa shape index (κ1) is 13.8. The normalized spacial score (nSPS) is 11.6. The average molecular weight is 348 g/mol. The van der Waals surface area contributed by atoms with Crippen molar-refractivity contribution < 1.29 is 4.74 Å². The maximum Gasteiger partial charge on any atom is 0.298 e. The average Bonchev–Trinajstić information content (AvgIpc) is 2.71. The molecule has 0 radical (unpaired) electrons. The van der Waals surface area contributed by atoms with Crippen LogP contribution in [-0.2, 0) is 5.41 Å². The van der Waals surface area contributed by atoms with Crippen LogP contribution in [0, 0.1) is 0 Å². The van der Waals surface area contributed by atoms with Crippen molar-refractivity contribution in [3.63, 3.8) is 0 Å². The number of hydrogen-bond acceptors (Lipinski definition) is 4. The molecular formula is C12H12BrClN2OS. The van der Waals surface area contributed by atoms with E-state index < -0.39 is 0 Å². The first-order chi connectivity index (χ1) is 8.36. The molecule has 18 heavy (non-hydrogen) atoms. The van der Waals surface area contributed by atoms with Crippen molar-refractivity contribution in [3.05, 3.63) is 33.5 Å². The van der Waals surface area contributed by atoms with Crippen molar-refractivity contribution >= 4 is 39.1 Å². The molecule has 2 aromatic rings. The third kappa shape index (κ3) is 3.22. The molecule has 3 nitrogen and oxygen atoms in total. The topological polar surface area (TPSA) is 35.0 Å². The highest BCUT2D eigenvalue weighted by molar-refractivity contribution is 9.10. The molecule has 0 aliphatic heterocycles. The third-order valence-electron chi connectivity index (χ3n) is 2.17. The van der Waals surface area contributed by atoms with Gasteiger partial charge in [-0.25, -0.2) is 0 Å². The predicted octanol–water partition coefficient (Wildman–Crippen LogP) is 5.04. The van der Waals surface area contributed by atoms with Crippen LogP contribution in [0.25, 0.3) is 0 Å². The molecule has 0 atom stereocenters. The Balaban J connectivity index is 2.24. The first-order valence-electron chi connectivity index (χ1n) is 5.33. The largest absolute Gasteiger partial charge is 0.428 e. The number of benzene rings is 1. The first-order valence-corrected chi connectivity index (χ1v) is 7.28. The van der Waals surface area contributed by atoms with Gasteiger partial charge in [-0.05, 0) is 18.2 Å². The minimum atomic E-state index is -0.0842. The number of halogens is 2. The van der Waals surface area contributed by atoms with Gasteiger partial charge in [-0.1, -0.05) is 48.3 Å². The monoisotopic (exact) mass is 346 g/mol. The molecule has 0 fully saturated rings. The quantitative estimate of drug-likeness (QED) is 0.763. The van der Waals surface area contributed by atoms with E-state index in [-0.39, 0.29) is 5.41 Å². The van der Waals surface area contributed by atoms with Crippen molar-refractivity contribution in [1.29, 1.82) is 0 Å². The van der Waals surface area contributed by atoms with Crippen LogP contribution < -0.4 is 4.74 Å². The number of hydrogen-bond donors (Lipinski definition) is 0. The molecule has 1 aromatic heterocycles. The molecule has 6 heteroatoms. The van der Waals surface area contributed by atoms with Gasteiger partial charge in [0.1, 0.15) is 5.75 Å². The van der Waals surface area contributed by atoms with E-state index in [2.05, 4.69) is 46.1 Å². The van der Waals surface area contributed by atoms with Gasteiger partial charge in [0.2, 0.25) is 0 Å². The predicted molar refractivity (Wildman–Crippen MR) is 77.8 cm³/mol. The van der Waals surface area contributed by atoms with Crippen molar-refractivity contribution in [3.8, 4) is 10.9 Å². The number of rotatable bonds is 2. The Morgan fingerprint density at radius 1 is 1.33 bits per heavy atom. The van der Waals surface area contributed by atoms with E-state index in [0.717, 1.165) is 10.3 Å². The summed E-state index contributed by atoms with van der Waals surface area (Å²) in [5, 5.41) is 1.05. The van der Waals surface area contributed by atoms with E-state index in [0.29, 0.717) is 16.0 Å². The summed E-state index contributed by atoms with van der Waals surface area (Å²) >= 11 is 10.7. The summed E-state index contributed by atoms with van der Waals surface area (Å²) in [4.78, 5) is 4.36. The fraction of sp³-hybridized carbons (Fsp3) is 0.333. The molecule has 1 heterocycles. The van der Waals surface area contributed by atoms with Crippen LogP contribution in [0.4, 0.5) is 0 Å². The van der Waals surface area contributed by atoms with Gasteiger partial charge < -0.3 is 4.74 Å². The molecule has 0 saturated carbocycles. The summed E-state index contributed by atoms with van der Waals surface area (Å²) in [6, 6.07) is 5.43. The Labute approximate surface area is 123 Å². The summed E-state index contributed by atoms with van der Waals surface area (Å²) in [6.45, 7) is 6.18. The Morgan fingerprint density at radius 3 is 2.67 bits per heavy atom. The second-order valence-corrected chi connectivity index (χ2v) is 6.85. The smallest absolute Gasteiger partial charge is 0.298 e. The zero-order valence-electron chi connectivity index (χ0n) is 10.2. The summed E-state index contributed by atoms with van der Waals surface area (Å²) in [5.74, 6) is 1.34. The Kier molecular flexibility index (Phi) is 3.94. The molecule has 96 valence electrons. The van der Waals surface area contributed by atoms with Crippen molar-refractivity contribution in [2.45, 2.75) is 26.2 Å². The Morgan fingerprint density at radius 2 is 2.06 bits per heavy atom. The van der Waals surface area contributed by atoms with Crippen molar-refractivity contribution in [1.82, 2.24) is 9.36 Å². The highest BCUT2D eigenvalue weighted by Gasteiger charge is 2.20. The summed E-state index contributed by atoms with van der Waals surface area (Å²) in [5.41, 5.74) is -0.0842. The minimum Gasteiger partial charge on any atom is -0.428 e. The molecule has 0 bridgehead atoms. The molecule has 0 spiro atoms. The second-order valence-electron chi connectivity index (χ2n) is 4.81. The highest BCUT2D eigenvalue weighted by atomic mass is 79.9.